The molecule has 4 nitrogen and oxygen atoms in total. The van der Waals surface area contributed by atoms with Crippen LogP contribution in [-0.4, -0.2) is 13.2 Å². The molecule has 0 amide bonds. The highest BCUT2D eigenvalue weighted by Gasteiger charge is 2.23. The third-order valence-corrected chi connectivity index (χ3v) is 2.28. The minimum absolute atomic E-state index is 0.0520. The molecule has 0 aromatic carbocycles. The van der Waals surface area contributed by atoms with Gasteiger partial charge >= 0.3 is 0 Å². The maximum Gasteiger partial charge on any atom is 0.124 e. The molecule has 1 aromatic rings. The van der Waals surface area contributed by atoms with Crippen LogP contribution in [0.2, 0.25) is 0 Å². The van der Waals surface area contributed by atoms with Crippen LogP contribution >= 0.6 is 0 Å². The SMILES string of the molecule is CCCC(OC)C(NN)c1ccco1. The van der Waals surface area contributed by atoms with E-state index in [0.717, 1.165) is 18.6 Å². The average molecular weight is 198 g/mol. The van der Waals surface area contributed by atoms with Crippen LogP contribution in [-0.2, 0) is 4.74 Å². The van der Waals surface area contributed by atoms with E-state index in [2.05, 4.69) is 12.3 Å². The predicted octanol–water partition coefficient (Wildman–Crippen LogP) is 1.60. The van der Waals surface area contributed by atoms with Gasteiger partial charge < -0.3 is 9.15 Å². The fourth-order valence-electron chi connectivity index (χ4n) is 1.55. The number of nitrogens with one attached hydrogen (secondary N) is 1. The van der Waals surface area contributed by atoms with Gasteiger partial charge in [-0.05, 0) is 18.6 Å². The number of hydrazine groups is 1. The van der Waals surface area contributed by atoms with Gasteiger partial charge in [0.15, 0.2) is 0 Å². The van der Waals surface area contributed by atoms with Gasteiger partial charge in [-0.25, -0.2) is 5.43 Å². The summed E-state index contributed by atoms with van der Waals surface area (Å²) in [5.41, 5.74) is 2.72. The summed E-state index contributed by atoms with van der Waals surface area (Å²) in [6.07, 6.45) is 3.69. The van der Waals surface area contributed by atoms with Crippen molar-refractivity contribution in [2.75, 3.05) is 7.11 Å². The molecule has 2 unspecified atom stereocenters. The Balaban J connectivity index is 2.68. The zero-order chi connectivity index (χ0) is 10.4. The Kier molecular flexibility index (Phi) is 4.65. The zero-order valence-electron chi connectivity index (χ0n) is 8.69. The number of ether oxygens (including phenoxy) is 1. The van der Waals surface area contributed by atoms with Crippen molar-refractivity contribution in [2.24, 2.45) is 5.84 Å². The standard InChI is InChI=1S/C10H18N2O2/c1-3-5-8(13-2)10(12-11)9-6-4-7-14-9/h4,6-8,10,12H,3,5,11H2,1-2H3. The van der Waals surface area contributed by atoms with Crippen LogP contribution in [0.15, 0.2) is 22.8 Å². The monoisotopic (exact) mass is 198 g/mol. The van der Waals surface area contributed by atoms with Crippen molar-refractivity contribution in [3.05, 3.63) is 24.2 Å². The van der Waals surface area contributed by atoms with E-state index in [9.17, 15) is 0 Å². The molecule has 0 bridgehead atoms. The van der Waals surface area contributed by atoms with Gasteiger partial charge in [0, 0.05) is 7.11 Å². The lowest BCUT2D eigenvalue weighted by atomic mass is 10.0. The normalized spacial score (nSPS) is 15.4. The van der Waals surface area contributed by atoms with E-state index in [1.807, 2.05) is 12.1 Å². The molecule has 0 saturated heterocycles. The molecule has 0 radical (unpaired) electrons. The summed E-state index contributed by atoms with van der Waals surface area (Å²) in [5.74, 6) is 6.29. The van der Waals surface area contributed by atoms with E-state index in [1.54, 1.807) is 13.4 Å². The maximum atomic E-state index is 5.48. The van der Waals surface area contributed by atoms with Gasteiger partial charge in [-0.2, -0.15) is 0 Å². The first-order valence-corrected chi connectivity index (χ1v) is 4.85. The minimum Gasteiger partial charge on any atom is -0.468 e. The molecule has 14 heavy (non-hydrogen) atoms. The van der Waals surface area contributed by atoms with Gasteiger partial charge in [0.1, 0.15) is 11.8 Å². The van der Waals surface area contributed by atoms with Gasteiger partial charge in [0.05, 0.1) is 12.4 Å². The van der Waals surface area contributed by atoms with E-state index in [4.69, 9.17) is 15.0 Å². The van der Waals surface area contributed by atoms with E-state index in [0.29, 0.717) is 0 Å². The van der Waals surface area contributed by atoms with Gasteiger partial charge in [-0.3, -0.25) is 5.84 Å². The highest BCUT2D eigenvalue weighted by Crippen LogP contribution is 2.21. The number of nitrogens with two attached hydrogens (primary N) is 1. The second kappa shape index (κ2) is 5.80. The lowest BCUT2D eigenvalue weighted by Gasteiger charge is -2.23. The maximum absolute atomic E-state index is 5.48. The highest BCUT2D eigenvalue weighted by molar-refractivity contribution is 5.06. The van der Waals surface area contributed by atoms with E-state index < -0.39 is 0 Å². The van der Waals surface area contributed by atoms with E-state index in [-0.39, 0.29) is 12.1 Å². The van der Waals surface area contributed by atoms with Crippen molar-refractivity contribution in [1.82, 2.24) is 5.43 Å². The Morgan fingerprint density at radius 2 is 2.43 bits per heavy atom. The van der Waals surface area contributed by atoms with Gasteiger partial charge in [-0.1, -0.05) is 13.3 Å². The number of methoxy groups -OCH3 is 1. The second-order valence-electron chi connectivity index (χ2n) is 3.22. The molecule has 1 heterocycles. The highest BCUT2D eigenvalue weighted by atomic mass is 16.5. The van der Waals surface area contributed by atoms with Crippen LogP contribution in [0, 0.1) is 0 Å². The van der Waals surface area contributed by atoms with Crippen molar-refractivity contribution in [3.8, 4) is 0 Å². The Morgan fingerprint density at radius 3 is 2.86 bits per heavy atom. The summed E-state index contributed by atoms with van der Waals surface area (Å²) in [6.45, 7) is 2.11. The molecule has 0 aliphatic carbocycles. The molecule has 0 aliphatic rings. The molecule has 1 rings (SSSR count). The molecule has 80 valence electrons. The Morgan fingerprint density at radius 1 is 1.64 bits per heavy atom. The van der Waals surface area contributed by atoms with Crippen LogP contribution in [0.5, 0.6) is 0 Å². The molecule has 0 saturated carbocycles. The fraction of sp³-hybridized carbons (Fsp3) is 0.600. The summed E-state index contributed by atoms with van der Waals surface area (Å²) >= 11 is 0. The number of rotatable bonds is 6. The van der Waals surface area contributed by atoms with Crippen LogP contribution in [0.3, 0.4) is 0 Å². The predicted molar refractivity (Wildman–Crippen MR) is 54.5 cm³/mol. The molecular weight excluding hydrogens is 180 g/mol. The van der Waals surface area contributed by atoms with Crippen LogP contribution in [0.25, 0.3) is 0 Å². The molecule has 0 spiro atoms. The molecular formula is C10H18N2O2. The van der Waals surface area contributed by atoms with E-state index >= 15 is 0 Å². The first kappa shape index (κ1) is 11.2. The van der Waals surface area contributed by atoms with Gasteiger partial charge in [0.2, 0.25) is 0 Å². The molecule has 0 aliphatic heterocycles. The van der Waals surface area contributed by atoms with Crippen molar-refractivity contribution < 1.29 is 9.15 Å². The number of hydrogen-bond donors (Lipinski definition) is 2. The molecule has 4 heteroatoms. The summed E-state index contributed by atoms with van der Waals surface area (Å²) in [6, 6.07) is 3.67. The smallest absolute Gasteiger partial charge is 0.124 e. The molecule has 2 atom stereocenters. The number of hydrogen-bond acceptors (Lipinski definition) is 4. The third kappa shape index (κ3) is 2.57. The zero-order valence-corrected chi connectivity index (χ0v) is 8.69. The lowest BCUT2D eigenvalue weighted by molar-refractivity contribution is 0.0537. The summed E-state index contributed by atoms with van der Waals surface area (Å²) < 4.78 is 10.7. The third-order valence-electron chi connectivity index (χ3n) is 2.28. The summed E-state index contributed by atoms with van der Waals surface area (Å²) in [4.78, 5) is 0. The Hall–Kier alpha value is -0.840. The topological polar surface area (TPSA) is 60.4 Å². The van der Waals surface area contributed by atoms with Crippen molar-refractivity contribution in [1.29, 1.82) is 0 Å². The van der Waals surface area contributed by atoms with Crippen LogP contribution in [0.4, 0.5) is 0 Å². The molecule has 3 N–H and O–H groups in total. The van der Waals surface area contributed by atoms with Gasteiger partial charge in [0.25, 0.3) is 0 Å². The van der Waals surface area contributed by atoms with Gasteiger partial charge in [-0.15, -0.1) is 0 Å². The largest absolute Gasteiger partial charge is 0.468 e. The number of furan rings is 1. The fourth-order valence-corrected chi connectivity index (χ4v) is 1.55. The van der Waals surface area contributed by atoms with Crippen LogP contribution in [0.1, 0.15) is 31.6 Å². The van der Waals surface area contributed by atoms with Crippen molar-refractivity contribution >= 4 is 0 Å². The Labute approximate surface area is 84.4 Å². The van der Waals surface area contributed by atoms with Crippen molar-refractivity contribution in [3.63, 3.8) is 0 Å². The first-order valence-electron chi connectivity index (χ1n) is 4.85. The quantitative estimate of drug-likeness (QED) is 0.538. The average Bonchev–Trinajstić information content (AvgIpc) is 2.71. The Bertz CT molecular complexity index is 236. The molecule has 1 aromatic heterocycles. The minimum atomic E-state index is -0.0741. The lowest BCUT2D eigenvalue weighted by Crippen LogP contribution is -2.37. The summed E-state index contributed by atoms with van der Waals surface area (Å²) in [5, 5.41) is 0. The summed E-state index contributed by atoms with van der Waals surface area (Å²) in [7, 11) is 1.69. The van der Waals surface area contributed by atoms with Crippen molar-refractivity contribution in [2.45, 2.75) is 31.9 Å². The molecule has 0 fully saturated rings. The second-order valence-corrected chi connectivity index (χ2v) is 3.22. The first-order chi connectivity index (χ1) is 6.83. The van der Waals surface area contributed by atoms with E-state index in [1.165, 1.54) is 0 Å². The van der Waals surface area contributed by atoms with Crippen LogP contribution < -0.4 is 11.3 Å².